The van der Waals surface area contributed by atoms with E-state index in [9.17, 15) is 13.2 Å². The minimum absolute atomic E-state index is 0.0173. The van der Waals surface area contributed by atoms with Gasteiger partial charge >= 0.3 is 0 Å². The van der Waals surface area contributed by atoms with Gasteiger partial charge in [0.1, 0.15) is 6.04 Å². The van der Waals surface area contributed by atoms with Crippen molar-refractivity contribution < 1.29 is 13.2 Å². The molecule has 1 rings (SSSR count). The Labute approximate surface area is 127 Å². The molecule has 5 nitrogen and oxygen atoms in total. The van der Waals surface area contributed by atoms with E-state index in [4.69, 9.17) is 0 Å². The minimum Gasteiger partial charge on any atom is -0.352 e. The van der Waals surface area contributed by atoms with E-state index in [2.05, 4.69) is 5.32 Å². The summed E-state index contributed by atoms with van der Waals surface area (Å²) >= 11 is 0. The first-order valence-corrected chi connectivity index (χ1v) is 9.00. The third kappa shape index (κ3) is 4.74. The standard InChI is InChI=1S/C15H24N2O3S/c1-5-12(3)16-15(18)14(6-2)17(21(4,19)20)13-10-8-7-9-11-13/h7-12,14H,5-6H2,1-4H3,(H,16,18). The number of nitrogens with one attached hydrogen (secondary N) is 1. The van der Waals surface area contributed by atoms with Crippen molar-refractivity contribution in [2.45, 2.75) is 45.7 Å². The van der Waals surface area contributed by atoms with Crippen molar-refractivity contribution >= 4 is 21.6 Å². The Bertz CT molecular complexity index is 558. The molecule has 0 fully saturated rings. The van der Waals surface area contributed by atoms with Crippen LogP contribution < -0.4 is 9.62 Å². The van der Waals surface area contributed by atoms with Gasteiger partial charge in [0, 0.05) is 6.04 Å². The smallest absolute Gasteiger partial charge is 0.244 e. The number of para-hydroxylation sites is 1. The summed E-state index contributed by atoms with van der Waals surface area (Å²) in [5, 5.41) is 2.86. The Hall–Kier alpha value is -1.56. The lowest BCUT2D eigenvalue weighted by Crippen LogP contribution is -2.51. The van der Waals surface area contributed by atoms with Crippen LogP contribution in [0.15, 0.2) is 30.3 Å². The number of rotatable bonds is 7. The molecule has 0 aliphatic carbocycles. The average Bonchev–Trinajstić information content (AvgIpc) is 2.43. The van der Waals surface area contributed by atoms with Gasteiger partial charge < -0.3 is 5.32 Å². The Balaban J connectivity index is 3.15. The van der Waals surface area contributed by atoms with Gasteiger partial charge in [0.25, 0.3) is 0 Å². The second-order valence-corrected chi connectivity index (χ2v) is 7.00. The molecular formula is C15H24N2O3S. The quantitative estimate of drug-likeness (QED) is 0.839. The fraction of sp³-hybridized carbons (Fsp3) is 0.533. The molecule has 2 atom stereocenters. The number of nitrogens with zero attached hydrogens (tertiary/aromatic N) is 1. The van der Waals surface area contributed by atoms with Gasteiger partial charge in [-0.25, -0.2) is 8.42 Å². The predicted molar refractivity (Wildman–Crippen MR) is 85.7 cm³/mol. The molecule has 0 aromatic heterocycles. The molecule has 0 bridgehead atoms. The van der Waals surface area contributed by atoms with Crippen molar-refractivity contribution in [3.05, 3.63) is 30.3 Å². The second kappa shape index (κ2) is 7.45. The number of anilines is 1. The molecule has 1 aromatic carbocycles. The summed E-state index contributed by atoms with van der Waals surface area (Å²) in [7, 11) is -3.54. The van der Waals surface area contributed by atoms with Gasteiger partial charge in [-0.1, -0.05) is 32.0 Å². The highest BCUT2D eigenvalue weighted by atomic mass is 32.2. The number of benzene rings is 1. The summed E-state index contributed by atoms with van der Waals surface area (Å²) in [5.41, 5.74) is 0.506. The maximum atomic E-state index is 12.4. The van der Waals surface area contributed by atoms with Crippen molar-refractivity contribution in [1.29, 1.82) is 0 Å². The van der Waals surface area contributed by atoms with E-state index >= 15 is 0 Å². The number of hydrogen-bond acceptors (Lipinski definition) is 3. The Morgan fingerprint density at radius 1 is 1.19 bits per heavy atom. The van der Waals surface area contributed by atoms with Crippen LogP contribution in [0, 0.1) is 0 Å². The van der Waals surface area contributed by atoms with E-state index in [0.29, 0.717) is 12.1 Å². The van der Waals surface area contributed by atoms with E-state index in [1.165, 1.54) is 4.31 Å². The fourth-order valence-electron chi connectivity index (χ4n) is 2.08. The van der Waals surface area contributed by atoms with Gasteiger partial charge in [0.15, 0.2) is 0 Å². The molecule has 0 saturated heterocycles. The highest BCUT2D eigenvalue weighted by Crippen LogP contribution is 2.22. The van der Waals surface area contributed by atoms with Crippen molar-refractivity contribution in [2.24, 2.45) is 0 Å². The van der Waals surface area contributed by atoms with Crippen LogP contribution in [0.5, 0.6) is 0 Å². The molecule has 118 valence electrons. The lowest BCUT2D eigenvalue weighted by atomic mass is 10.1. The molecule has 0 heterocycles. The van der Waals surface area contributed by atoms with Gasteiger partial charge in [-0.15, -0.1) is 0 Å². The van der Waals surface area contributed by atoms with Crippen LogP contribution in [0.4, 0.5) is 5.69 Å². The largest absolute Gasteiger partial charge is 0.352 e. The van der Waals surface area contributed by atoms with Crippen molar-refractivity contribution in [3.8, 4) is 0 Å². The van der Waals surface area contributed by atoms with Gasteiger partial charge in [0.05, 0.1) is 11.9 Å². The summed E-state index contributed by atoms with van der Waals surface area (Å²) in [6, 6.07) is 7.99. The van der Waals surface area contributed by atoms with E-state index in [1.54, 1.807) is 24.3 Å². The van der Waals surface area contributed by atoms with Crippen LogP contribution in [0.25, 0.3) is 0 Å². The predicted octanol–water partition coefficient (Wildman–Crippen LogP) is 2.15. The highest BCUT2D eigenvalue weighted by Gasteiger charge is 2.31. The third-order valence-corrected chi connectivity index (χ3v) is 4.52. The third-order valence-electron chi connectivity index (χ3n) is 3.34. The normalized spacial score (nSPS) is 14.3. The van der Waals surface area contributed by atoms with Gasteiger partial charge in [-0.3, -0.25) is 9.10 Å². The van der Waals surface area contributed by atoms with Crippen LogP contribution in [0.1, 0.15) is 33.6 Å². The topological polar surface area (TPSA) is 66.5 Å². The molecule has 0 saturated carbocycles. The second-order valence-electron chi connectivity index (χ2n) is 5.14. The van der Waals surface area contributed by atoms with Gasteiger partial charge in [0.2, 0.25) is 15.9 Å². The van der Waals surface area contributed by atoms with Crippen LogP contribution in [-0.2, 0) is 14.8 Å². The maximum Gasteiger partial charge on any atom is 0.244 e. The molecular weight excluding hydrogens is 288 g/mol. The zero-order valence-corrected chi connectivity index (χ0v) is 13.9. The molecule has 1 aromatic rings. The average molecular weight is 312 g/mol. The van der Waals surface area contributed by atoms with E-state index in [0.717, 1.165) is 12.7 Å². The number of sulfonamides is 1. The monoisotopic (exact) mass is 312 g/mol. The molecule has 0 radical (unpaired) electrons. The van der Waals surface area contributed by atoms with Gasteiger partial charge in [-0.2, -0.15) is 0 Å². The Morgan fingerprint density at radius 2 is 1.76 bits per heavy atom. The molecule has 21 heavy (non-hydrogen) atoms. The zero-order valence-electron chi connectivity index (χ0n) is 13.0. The van der Waals surface area contributed by atoms with Crippen LogP contribution >= 0.6 is 0 Å². The Kier molecular flexibility index (Phi) is 6.20. The molecule has 6 heteroatoms. The van der Waals surface area contributed by atoms with Crippen LogP contribution in [0.3, 0.4) is 0 Å². The van der Waals surface area contributed by atoms with Gasteiger partial charge in [-0.05, 0) is 31.9 Å². The summed E-state index contributed by atoms with van der Waals surface area (Å²) in [4.78, 5) is 12.4. The highest BCUT2D eigenvalue weighted by molar-refractivity contribution is 7.92. The lowest BCUT2D eigenvalue weighted by Gasteiger charge is -2.30. The fourth-order valence-corrected chi connectivity index (χ4v) is 3.29. The first-order chi connectivity index (χ1) is 9.81. The molecule has 1 amide bonds. The summed E-state index contributed by atoms with van der Waals surface area (Å²) in [5.74, 6) is -0.263. The number of carbonyl (C=O) groups excluding carboxylic acids is 1. The Morgan fingerprint density at radius 3 is 2.19 bits per heavy atom. The SMILES string of the molecule is CCC(C)NC(=O)C(CC)N(c1ccccc1)S(C)(=O)=O. The van der Waals surface area contributed by atoms with Crippen LogP contribution in [0.2, 0.25) is 0 Å². The number of hydrogen-bond donors (Lipinski definition) is 1. The molecule has 1 N–H and O–H groups in total. The summed E-state index contributed by atoms with van der Waals surface area (Å²) in [6.45, 7) is 5.68. The summed E-state index contributed by atoms with van der Waals surface area (Å²) < 4.78 is 25.5. The van der Waals surface area contributed by atoms with E-state index in [1.807, 2.05) is 26.8 Å². The molecule has 0 aliphatic heterocycles. The molecule has 2 unspecified atom stereocenters. The molecule has 0 spiro atoms. The summed E-state index contributed by atoms with van der Waals surface area (Å²) in [6.07, 6.45) is 2.33. The van der Waals surface area contributed by atoms with Crippen molar-refractivity contribution in [3.63, 3.8) is 0 Å². The molecule has 0 aliphatic rings. The van der Waals surface area contributed by atoms with Crippen molar-refractivity contribution in [2.75, 3.05) is 10.6 Å². The van der Waals surface area contributed by atoms with Crippen LogP contribution in [-0.4, -0.2) is 32.7 Å². The van der Waals surface area contributed by atoms with E-state index < -0.39 is 16.1 Å². The maximum absolute atomic E-state index is 12.4. The zero-order chi connectivity index (χ0) is 16.0. The van der Waals surface area contributed by atoms with E-state index in [-0.39, 0.29) is 11.9 Å². The number of carbonyl (C=O) groups is 1. The first kappa shape index (κ1) is 17.5. The van der Waals surface area contributed by atoms with Crippen molar-refractivity contribution in [1.82, 2.24) is 5.32 Å². The first-order valence-electron chi connectivity index (χ1n) is 7.16. The lowest BCUT2D eigenvalue weighted by molar-refractivity contribution is -0.122. The number of amides is 1. The minimum atomic E-state index is -3.54.